The molecule has 164 valence electrons. The van der Waals surface area contributed by atoms with Crippen LogP contribution in [0.4, 0.5) is 9.18 Å². The predicted molar refractivity (Wildman–Crippen MR) is 117 cm³/mol. The summed E-state index contributed by atoms with van der Waals surface area (Å²) in [5.41, 5.74) is 2.54. The quantitative estimate of drug-likeness (QED) is 0.386. The molecule has 0 fully saturated rings. The highest BCUT2D eigenvalue weighted by Crippen LogP contribution is 2.46. The van der Waals surface area contributed by atoms with Gasteiger partial charge in [0.15, 0.2) is 23.4 Å². The number of carbonyl (C=O) groups is 1. The van der Waals surface area contributed by atoms with E-state index in [4.69, 9.17) is 30.5 Å². The van der Waals surface area contributed by atoms with Crippen molar-refractivity contribution in [3.8, 4) is 28.0 Å². The lowest BCUT2D eigenvalue weighted by atomic mass is 10.1. The molecule has 2 aromatic heterocycles. The van der Waals surface area contributed by atoms with Crippen molar-refractivity contribution >= 4 is 49.6 Å². The molecule has 5 rings (SSSR count). The minimum absolute atomic E-state index is 0.0480. The maximum absolute atomic E-state index is 14.8. The molecule has 0 saturated heterocycles. The molecule has 1 aliphatic heterocycles. The van der Waals surface area contributed by atoms with Gasteiger partial charge in [-0.15, -0.1) is 11.3 Å². The molecule has 4 aromatic rings. The fraction of sp³-hybridized carbons (Fsp3) is 0.238. The van der Waals surface area contributed by atoms with Crippen molar-refractivity contribution in [3.05, 3.63) is 35.8 Å². The van der Waals surface area contributed by atoms with Crippen LogP contribution in [0, 0.1) is 12.7 Å². The Hall–Kier alpha value is -3.24. The van der Waals surface area contributed by atoms with Gasteiger partial charge in [0.05, 0.1) is 29.9 Å². The highest BCUT2D eigenvalue weighted by Gasteiger charge is 2.29. The summed E-state index contributed by atoms with van der Waals surface area (Å²) in [5.74, 6) is 0.00873. The first-order valence-corrected chi connectivity index (χ1v) is 10.7. The largest absolute Gasteiger partial charge is 0.484 e. The van der Waals surface area contributed by atoms with Gasteiger partial charge < -0.3 is 18.9 Å². The number of hydrogen-bond donors (Lipinski definition) is 0. The van der Waals surface area contributed by atoms with E-state index in [0.717, 1.165) is 11.1 Å². The van der Waals surface area contributed by atoms with Gasteiger partial charge in [-0.05, 0) is 24.6 Å². The number of thiazole rings is 1. The Morgan fingerprint density at radius 3 is 2.91 bits per heavy atom. The standard InChI is InChI=1S/C21H15ClFN3O5S/c1-9-3-11(16-13(4-9)25-15(28-2)6-24-16)20-26-14-5-12(23)17-18(19(14)32-20)29-7-10(31-17)8-30-21(22)27/h3-6,10H,7-8H2,1-2H3/t10-/m1/s1. The molecule has 0 amide bonds. The molecule has 2 aromatic carbocycles. The lowest BCUT2D eigenvalue weighted by Crippen LogP contribution is -2.34. The maximum atomic E-state index is 14.8. The van der Waals surface area contributed by atoms with Crippen LogP contribution >= 0.6 is 22.9 Å². The van der Waals surface area contributed by atoms with E-state index in [1.165, 1.54) is 24.5 Å². The van der Waals surface area contributed by atoms with E-state index < -0.39 is 17.3 Å². The zero-order valence-electron chi connectivity index (χ0n) is 16.8. The van der Waals surface area contributed by atoms with Gasteiger partial charge in [0.2, 0.25) is 5.88 Å². The number of fused-ring (bicyclic) bond motifs is 4. The number of rotatable bonds is 4. The first kappa shape index (κ1) is 20.7. The molecule has 0 aliphatic carbocycles. The Morgan fingerprint density at radius 2 is 2.12 bits per heavy atom. The minimum atomic E-state index is -0.964. The first-order chi connectivity index (χ1) is 15.4. The van der Waals surface area contributed by atoms with Crippen LogP contribution in [0.15, 0.2) is 24.4 Å². The van der Waals surface area contributed by atoms with Crippen LogP contribution in [-0.4, -0.2) is 46.8 Å². The number of aryl methyl sites for hydroxylation is 1. The van der Waals surface area contributed by atoms with Crippen molar-refractivity contribution in [1.82, 2.24) is 15.0 Å². The van der Waals surface area contributed by atoms with Gasteiger partial charge in [-0.1, -0.05) is 0 Å². The number of nitrogens with zero attached hydrogens (tertiary/aromatic N) is 3. The van der Waals surface area contributed by atoms with Gasteiger partial charge in [0, 0.05) is 23.2 Å². The van der Waals surface area contributed by atoms with E-state index in [1.54, 1.807) is 6.20 Å². The minimum Gasteiger partial charge on any atom is -0.484 e. The molecule has 0 radical (unpaired) electrons. The molecule has 32 heavy (non-hydrogen) atoms. The van der Waals surface area contributed by atoms with Gasteiger partial charge in [-0.2, -0.15) is 0 Å². The summed E-state index contributed by atoms with van der Waals surface area (Å²) in [5, 5.41) is 0.641. The number of halogens is 2. The van der Waals surface area contributed by atoms with Gasteiger partial charge in [0.1, 0.15) is 22.9 Å². The van der Waals surface area contributed by atoms with Gasteiger partial charge in [-0.3, -0.25) is 0 Å². The normalized spacial score (nSPS) is 15.2. The zero-order valence-corrected chi connectivity index (χ0v) is 18.4. The number of aromatic nitrogens is 3. The third-order valence-electron chi connectivity index (χ3n) is 4.84. The number of ether oxygens (including phenoxy) is 4. The highest BCUT2D eigenvalue weighted by atomic mass is 35.5. The summed E-state index contributed by atoms with van der Waals surface area (Å²) in [7, 11) is 1.53. The molecule has 11 heteroatoms. The Labute approximate surface area is 189 Å². The monoisotopic (exact) mass is 475 g/mol. The summed E-state index contributed by atoms with van der Waals surface area (Å²) < 4.78 is 36.8. The van der Waals surface area contributed by atoms with Crippen LogP contribution < -0.4 is 14.2 Å². The van der Waals surface area contributed by atoms with Crippen LogP contribution in [0.3, 0.4) is 0 Å². The van der Waals surface area contributed by atoms with E-state index >= 15 is 0 Å². The third-order valence-corrected chi connectivity index (χ3v) is 6.05. The summed E-state index contributed by atoms with van der Waals surface area (Å²) in [6, 6.07) is 5.16. The molecular weight excluding hydrogens is 461 g/mol. The van der Waals surface area contributed by atoms with E-state index in [-0.39, 0.29) is 24.7 Å². The molecule has 3 heterocycles. The summed E-state index contributed by atoms with van der Waals surface area (Å²) in [6.07, 6.45) is 0.872. The second-order valence-corrected chi connectivity index (χ2v) is 8.38. The molecule has 0 saturated carbocycles. The van der Waals surface area contributed by atoms with E-state index in [1.807, 2.05) is 19.1 Å². The molecule has 1 aliphatic rings. The molecule has 1 atom stereocenters. The second-order valence-electron chi connectivity index (χ2n) is 7.08. The Bertz CT molecular complexity index is 1380. The molecule has 0 N–H and O–H groups in total. The van der Waals surface area contributed by atoms with Crippen LogP contribution in [-0.2, 0) is 4.74 Å². The van der Waals surface area contributed by atoms with E-state index in [0.29, 0.717) is 32.1 Å². The lowest BCUT2D eigenvalue weighted by Gasteiger charge is -2.26. The first-order valence-electron chi connectivity index (χ1n) is 9.49. The number of carbonyl (C=O) groups excluding carboxylic acids is 1. The summed E-state index contributed by atoms with van der Waals surface area (Å²) in [4.78, 5) is 24.4. The van der Waals surface area contributed by atoms with Crippen LogP contribution in [0.5, 0.6) is 17.4 Å². The second kappa shape index (κ2) is 8.03. The van der Waals surface area contributed by atoms with Crippen LogP contribution in [0.1, 0.15) is 5.56 Å². The topological polar surface area (TPSA) is 92.7 Å². The average Bonchev–Trinajstić information content (AvgIpc) is 3.20. The molecule has 8 nitrogen and oxygen atoms in total. The number of methoxy groups -OCH3 is 1. The Balaban J connectivity index is 1.59. The number of benzene rings is 2. The SMILES string of the molecule is COc1cnc2c(-c3nc4cc(F)c5c(c4s3)OC[C@H](COC(=O)Cl)O5)cc(C)cc2n1. The molecular formula is C21H15ClFN3O5S. The van der Waals surface area contributed by atoms with Crippen molar-refractivity contribution < 1.29 is 28.1 Å². The van der Waals surface area contributed by atoms with Crippen LogP contribution in [0.25, 0.3) is 31.8 Å². The predicted octanol–water partition coefficient (Wildman–Crippen LogP) is 4.88. The Morgan fingerprint density at radius 1 is 1.28 bits per heavy atom. The maximum Gasteiger partial charge on any atom is 0.403 e. The van der Waals surface area contributed by atoms with E-state index in [2.05, 4.69) is 15.0 Å². The fourth-order valence-electron chi connectivity index (χ4n) is 3.47. The fourth-order valence-corrected chi connectivity index (χ4v) is 4.59. The zero-order chi connectivity index (χ0) is 22.4. The van der Waals surface area contributed by atoms with Gasteiger partial charge in [0.25, 0.3) is 0 Å². The molecule has 0 spiro atoms. The Kier molecular flexibility index (Phi) is 5.18. The highest BCUT2D eigenvalue weighted by molar-refractivity contribution is 7.22. The smallest absolute Gasteiger partial charge is 0.403 e. The summed E-state index contributed by atoms with van der Waals surface area (Å²) in [6.45, 7) is 1.87. The average molecular weight is 476 g/mol. The lowest BCUT2D eigenvalue weighted by molar-refractivity contribution is 0.0380. The third kappa shape index (κ3) is 3.65. The van der Waals surface area contributed by atoms with Gasteiger partial charge in [-0.25, -0.2) is 24.1 Å². The van der Waals surface area contributed by atoms with Crippen molar-refractivity contribution in [1.29, 1.82) is 0 Å². The van der Waals surface area contributed by atoms with E-state index in [9.17, 15) is 9.18 Å². The van der Waals surface area contributed by atoms with Crippen molar-refractivity contribution in [2.45, 2.75) is 13.0 Å². The molecule has 0 unspecified atom stereocenters. The van der Waals surface area contributed by atoms with Crippen molar-refractivity contribution in [2.75, 3.05) is 20.3 Å². The summed E-state index contributed by atoms with van der Waals surface area (Å²) >= 11 is 6.52. The van der Waals surface area contributed by atoms with Crippen molar-refractivity contribution in [2.24, 2.45) is 0 Å². The number of hydrogen-bond acceptors (Lipinski definition) is 9. The van der Waals surface area contributed by atoms with Crippen molar-refractivity contribution in [3.63, 3.8) is 0 Å². The van der Waals surface area contributed by atoms with Crippen LogP contribution in [0.2, 0.25) is 0 Å². The van der Waals surface area contributed by atoms with Gasteiger partial charge >= 0.3 is 5.43 Å². The molecule has 0 bridgehead atoms.